The van der Waals surface area contributed by atoms with Crippen molar-refractivity contribution in [2.24, 2.45) is 0 Å². The lowest BCUT2D eigenvalue weighted by atomic mass is 10.0. The van der Waals surface area contributed by atoms with Crippen LogP contribution in [0.2, 0.25) is 0 Å². The Morgan fingerprint density at radius 3 is 3.03 bits per heavy atom. The van der Waals surface area contributed by atoms with Crippen LogP contribution in [0.15, 0.2) is 23.0 Å². The fraction of sp³-hybridized carbons (Fsp3) is 0.409. The van der Waals surface area contributed by atoms with Crippen LogP contribution in [0.1, 0.15) is 48.3 Å². The van der Waals surface area contributed by atoms with E-state index in [1.807, 2.05) is 19.9 Å². The Kier molecular flexibility index (Phi) is 6.45. The van der Waals surface area contributed by atoms with Crippen molar-refractivity contribution in [3.05, 3.63) is 40.6 Å². The minimum Gasteiger partial charge on any atom is -0.339 e. The molecule has 5 heterocycles. The SMILES string of the molecule is CC(C)c1nc(CNCCC(=O)Nc2sc3c(c2-c2nc4cnccc4s2)CCNC3)no1. The maximum atomic E-state index is 12.7. The standard InChI is InChI=1S/C22H25N7O2S2/c1-12(2)20-27-17(29-31-20)11-25-8-5-18(30)28-22-19(13-3-6-24-10-16(13)33-22)21-26-14-9-23-7-4-15(14)32-21/h4,7,9,12,24-25H,3,5-6,8,10-11H2,1-2H3,(H,28,30). The number of thiophene rings is 1. The number of carbonyl (C=O) groups excluding carboxylic acids is 1. The van der Waals surface area contributed by atoms with Crippen molar-refractivity contribution >= 4 is 43.8 Å². The summed E-state index contributed by atoms with van der Waals surface area (Å²) in [5.74, 6) is 1.39. The first kappa shape index (κ1) is 22.1. The molecule has 3 N–H and O–H groups in total. The summed E-state index contributed by atoms with van der Waals surface area (Å²) < 4.78 is 6.30. The summed E-state index contributed by atoms with van der Waals surface area (Å²) in [6.45, 7) is 6.74. The van der Waals surface area contributed by atoms with Crippen LogP contribution in [0.3, 0.4) is 0 Å². The largest absolute Gasteiger partial charge is 0.339 e. The third-order valence-electron chi connectivity index (χ3n) is 5.37. The zero-order valence-electron chi connectivity index (χ0n) is 18.5. The molecule has 1 aliphatic heterocycles. The summed E-state index contributed by atoms with van der Waals surface area (Å²) in [5, 5.41) is 15.5. The molecule has 0 atom stereocenters. The highest BCUT2D eigenvalue weighted by Gasteiger charge is 2.25. The maximum Gasteiger partial charge on any atom is 0.229 e. The molecule has 172 valence electrons. The molecule has 0 saturated heterocycles. The fourth-order valence-corrected chi connectivity index (χ4v) is 6.01. The Labute approximate surface area is 199 Å². The molecule has 1 amide bonds. The lowest BCUT2D eigenvalue weighted by Crippen LogP contribution is -2.22. The molecule has 33 heavy (non-hydrogen) atoms. The number of hydrogen-bond acceptors (Lipinski definition) is 10. The first-order valence-corrected chi connectivity index (χ1v) is 12.6. The average molecular weight is 484 g/mol. The van der Waals surface area contributed by atoms with Gasteiger partial charge in [-0.3, -0.25) is 9.78 Å². The number of anilines is 1. The molecule has 9 nitrogen and oxygen atoms in total. The van der Waals surface area contributed by atoms with Crippen LogP contribution < -0.4 is 16.0 Å². The Hall–Kier alpha value is -2.73. The first-order valence-electron chi connectivity index (χ1n) is 11.0. The van der Waals surface area contributed by atoms with Gasteiger partial charge < -0.3 is 20.5 Å². The highest BCUT2D eigenvalue weighted by atomic mass is 32.1. The number of rotatable bonds is 8. The second kappa shape index (κ2) is 9.64. The van der Waals surface area contributed by atoms with E-state index in [9.17, 15) is 4.79 Å². The number of thiazole rings is 1. The molecular weight excluding hydrogens is 458 g/mol. The van der Waals surface area contributed by atoms with Gasteiger partial charge in [-0.25, -0.2) is 4.98 Å². The van der Waals surface area contributed by atoms with Crippen molar-refractivity contribution in [2.75, 3.05) is 18.4 Å². The van der Waals surface area contributed by atoms with Crippen molar-refractivity contribution in [3.8, 4) is 10.6 Å². The van der Waals surface area contributed by atoms with Crippen LogP contribution in [0.25, 0.3) is 20.8 Å². The van der Waals surface area contributed by atoms with E-state index in [-0.39, 0.29) is 11.8 Å². The molecule has 0 spiro atoms. The highest BCUT2D eigenvalue weighted by molar-refractivity contribution is 7.22. The number of fused-ring (bicyclic) bond motifs is 2. The molecule has 0 aliphatic carbocycles. The van der Waals surface area contributed by atoms with Crippen LogP contribution >= 0.6 is 22.7 Å². The number of aromatic nitrogens is 4. The van der Waals surface area contributed by atoms with Gasteiger partial charge in [0.25, 0.3) is 0 Å². The zero-order chi connectivity index (χ0) is 22.8. The van der Waals surface area contributed by atoms with Gasteiger partial charge in [0.1, 0.15) is 15.5 Å². The molecule has 0 fully saturated rings. The number of hydrogen-bond donors (Lipinski definition) is 3. The van der Waals surface area contributed by atoms with E-state index in [2.05, 4.69) is 31.1 Å². The summed E-state index contributed by atoms with van der Waals surface area (Å²) in [6.07, 6.45) is 4.84. The minimum absolute atomic E-state index is 0.0333. The highest BCUT2D eigenvalue weighted by Crippen LogP contribution is 2.44. The van der Waals surface area contributed by atoms with Gasteiger partial charge in [-0.15, -0.1) is 22.7 Å². The lowest BCUT2D eigenvalue weighted by molar-refractivity contribution is -0.116. The summed E-state index contributed by atoms with van der Waals surface area (Å²) in [4.78, 5) is 27.3. The van der Waals surface area contributed by atoms with E-state index in [1.54, 1.807) is 35.1 Å². The van der Waals surface area contributed by atoms with Crippen LogP contribution in [-0.4, -0.2) is 39.1 Å². The van der Waals surface area contributed by atoms with Crippen molar-refractivity contribution in [3.63, 3.8) is 0 Å². The van der Waals surface area contributed by atoms with Crippen LogP contribution in [-0.2, 0) is 24.3 Å². The smallest absolute Gasteiger partial charge is 0.229 e. The molecular formula is C22H25N7O2S2. The monoisotopic (exact) mass is 483 g/mol. The van der Waals surface area contributed by atoms with Gasteiger partial charge in [-0.05, 0) is 24.6 Å². The topological polar surface area (TPSA) is 118 Å². The lowest BCUT2D eigenvalue weighted by Gasteiger charge is -2.13. The van der Waals surface area contributed by atoms with Crippen molar-refractivity contribution in [2.45, 2.75) is 45.7 Å². The van der Waals surface area contributed by atoms with Gasteiger partial charge in [-0.1, -0.05) is 19.0 Å². The second-order valence-electron chi connectivity index (χ2n) is 8.18. The number of amides is 1. The van der Waals surface area contributed by atoms with Gasteiger partial charge in [0, 0.05) is 42.1 Å². The number of pyridine rings is 1. The average Bonchev–Trinajstić information content (AvgIpc) is 3.52. The summed E-state index contributed by atoms with van der Waals surface area (Å²) >= 11 is 3.28. The van der Waals surface area contributed by atoms with Gasteiger partial charge in [0.15, 0.2) is 5.82 Å². The van der Waals surface area contributed by atoms with E-state index in [0.717, 1.165) is 45.3 Å². The third kappa shape index (κ3) is 4.81. The minimum atomic E-state index is -0.0333. The Morgan fingerprint density at radius 2 is 2.21 bits per heavy atom. The molecule has 11 heteroatoms. The predicted octanol–water partition coefficient (Wildman–Crippen LogP) is 3.69. The zero-order valence-corrected chi connectivity index (χ0v) is 20.1. The first-order chi connectivity index (χ1) is 16.1. The third-order valence-corrected chi connectivity index (χ3v) is 7.58. The Balaban J connectivity index is 1.26. The normalized spacial score (nSPS) is 13.5. The predicted molar refractivity (Wildman–Crippen MR) is 129 cm³/mol. The molecule has 4 aromatic rings. The molecule has 1 aliphatic rings. The van der Waals surface area contributed by atoms with E-state index < -0.39 is 0 Å². The molecule has 0 saturated carbocycles. The molecule has 4 aromatic heterocycles. The molecule has 0 radical (unpaired) electrons. The quantitative estimate of drug-likeness (QED) is 0.325. The Morgan fingerprint density at radius 1 is 1.30 bits per heavy atom. The number of nitrogens with one attached hydrogen (secondary N) is 3. The van der Waals surface area contributed by atoms with Crippen molar-refractivity contribution in [1.82, 2.24) is 30.7 Å². The van der Waals surface area contributed by atoms with Crippen molar-refractivity contribution < 1.29 is 9.32 Å². The van der Waals surface area contributed by atoms with E-state index in [1.165, 1.54) is 10.4 Å². The van der Waals surface area contributed by atoms with Gasteiger partial charge >= 0.3 is 0 Å². The van der Waals surface area contributed by atoms with Gasteiger partial charge in [0.05, 0.1) is 17.4 Å². The van der Waals surface area contributed by atoms with Crippen molar-refractivity contribution in [1.29, 1.82) is 0 Å². The molecule has 0 aromatic carbocycles. The van der Waals surface area contributed by atoms with Crippen LogP contribution in [0.5, 0.6) is 0 Å². The van der Waals surface area contributed by atoms with Crippen LogP contribution in [0.4, 0.5) is 5.00 Å². The summed E-state index contributed by atoms with van der Waals surface area (Å²) in [6, 6.07) is 1.98. The van der Waals surface area contributed by atoms with E-state index in [0.29, 0.717) is 31.2 Å². The summed E-state index contributed by atoms with van der Waals surface area (Å²) in [7, 11) is 0. The van der Waals surface area contributed by atoms with Gasteiger partial charge in [-0.2, -0.15) is 4.98 Å². The number of carbonyl (C=O) groups is 1. The van der Waals surface area contributed by atoms with E-state index >= 15 is 0 Å². The molecule has 0 unspecified atom stereocenters. The fourth-order valence-electron chi connectivity index (χ4n) is 3.70. The number of nitrogens with zero attached hydrogens (tertiary/aromatic N) is 4. The maximum absolute atomic E-state index is 12.7. The molecule has 5 rings (SSSR count). The van der Waals surface area contributed by atoms with Gasteiger partial charge in [0.2, 0.25) is 11.8 Å². The Bertz CT molecular complexity index is 1240. The molecule has 0 bridgehead atoms. The second-order valence-corrected chi connectivity index (χ2v) is 10.3. The van der Waals surface area contributed by atoms with E-state index in [4.69, 9.17) is 9.51 Å². The van der Waals surface area contributed by atoms with Crippen LogP contribution in [0, 0.1) is 0 Å². The summed E-state index contributed by atoms with van der Waals surface area (Å²) in [5.41, 5.74) is 3.24.